The van der Waals surface area contributed by atoms with Crippen molar-refractivity contribution in [3.63, 3.8) is 0 Å². The molecule has 59 heavy (non-hydrogen) atoms. The highest BCUT2D eigenvalue weighted by Gasteiger charge is 2.59. The van der Waals surface area contributed by atoms with Gasteiger partial charge < -0.3 is 24.6 Å². The standard InChI is InChI=1S/C52H73NO6/c1-33(2)43-17-10-35(4)22-47(43)59-49(56)53(31-51-28-37-23-38(29-51)25-39(24-37)30-51)32-52(57)21-19-46-44-18-11-36(26-41(54)14-9-34(3)8-7-20-50(46,52)5)27-45(44)48(55)40-12-15-42(58-6)16-13-40/h8,11-13,15-16,18,27,33,35,37-39,41,43,46-47,54,57H,7,9-10,14,17,19-26,28-32H2,1-6H3. The van der Waals surface area contributed by atoms with E-state index in [4.69, 9.17) is 9.47 Å². The first kappa shape index (κ1) is 42.5. The number of amides is 1. The Morgan fingerprint density at radius 3 is 2.25 bits per heavy atom. The first-order valence-corrected chi connectivity index (χ1v) is 23.5. The summed E-state index contributed by atoms with van der Waals surface area (Å²) in [5.74, 6) is 4.05. The number of aliphatic hydroxyl groups is 2. The van der Waals surface area contributed by atoms with Gasteiger partial charge in [-0.05, 0) is 192 Å². The van der Waals surface area contributed by atoms with Crippen molar-refractivity contribution in [1.29, 1.82) is 0 Å². The minimum atomic E-state index is -1.20. The van der Waals surface area contributed by atoms with Crippen LogP contribution in [-0.2, 0) is 11.2 Å². The molecule has 6 saturated carbocycles. The molecule has 1 amide bonds. The Hall–Kier alpha value is -3.16. The third-order valence-corrected chi connectivity index (χ3v) is 16.9. The summed E-state index contributed by atoms with van der Waals surface area (Å²) in [4.78, 5) is 31.6. The third-order valence-electron chi connectivity index (χ3n) is 16.9. The van der Waals surface area contributed by atoms with E-state index in [-0.39, 0.29) is 35.9 Å². The van der Waals surface area contributed by atoms with Gasteiger partial charge in [0.05, 0.1) is 25.4 Å². The average Bonchev–Trinajstić information content (AvgIpc) is 3.44. The Morgan fingerprint density at radius 1 is 0.898 bits per heavy atom. The molecule has 7 heteroatoms. The Bertz CT molecular complexity index is 1830. The maximum Gasteiger partial charge on any atom is 0.410 e. The van der Waals surface area contributed by atoms with Gasteiger partial charge in [-0.2, -0.15) is 0 Å². The Kier molecular flexibility index (Phi) is 12.2. The summed E-state index contributed by atoms with van der Waals surface area (Å²) in [6, 6.07) is 13.5. The van der Waals surface area contributed by atoms with Gasteiger partial charge in [-0.3, -0.25) is 4.79 Å². The zero-order valence-electron chi connectivity index (χ0n) is 37.0. The van der Waals surface area contributed by atoms with E-state index in [2.05, 4.69) is 52.8 Å². The summed E-state index contributed by atoms with van der Waals surface area (Å²) in [5.41, 5.74) is 2.59. The van der Waals surface area contributed by atoms with Gasteiger partial charge in [0.25, 0.3) is 0 Å². The normalized spacial score (nSPS) is 36.8. The molecular formula is C52H73NO6. The van der Waals surface area contributed by atoms with Crippen LogP contribution in [0.2, 0.25) is 0 Å². The highest BCUT2D eigenvalue weighted by atomic mass is 16.6. The molecule has 7 nitrogen and oxygen atoms in total. The summed E-state index contributed by atoms with van der Waals surface area (Å²) >= 11 is 0. The molecule has 0 aromatic heterocycles. The highest BCUT2D eigenvalue weighted by Crippen LogP contribution is 2.62. The topological polar surface area (TPSA) is 96.3 Å². The SMILES string of the molecule is COc1ccc(C(=O)c2cc3ccc2C2CCC(O)(CN(CC45CC6CC(CC(C6)C4)C5)C(=O)OC4CC(C)CCC4C(C)C)C2(C)CCC=C(C)CCC(O)C3)cc1. The molecule has 0 saturated heterocycles. The number of hydrogen-bond donors (Lipinski definition) is 2. The van der Waals surface area contributed by atoms with Gasteiger partial charge in [-0.1, -0.05) is 57.9 Å². The Balaban J connectivity index is 1.17. The molecule has 6 bridgehead atoms. The van der Waals surface area contributed by atoms with Crippen molar-refractivity contribution in [2.24, 2.45) is 46.3 Å². The van der Waals surface area contributed by atoms with Gasteiger partial charge in [-0.15, -0.1) is 0 Å². The second-order valence-corrected chi connectivity index (χ2v) is 21.5. The number of ketones is 1. The number of hydrogen-bond acceptors (Lipinski definition) is 6. The monoisotopic (exact) mass is 808 g/mol. The van der Waals surface area contributed by atoms with Crippen molar-refractivity contribution in [3.05, 3.63) is 76.4 Å². The fraction of sp³-hybridized carbons (Fsp3) is 0.692. The molecule has 6 fully saturated rings. The lowest BCUT2D eigenvalue weighted by molar-refractivity contribution is -0.108. The van der Waals surface area contributed by atoms with Crippen LogP contribution in [0.5, 0.6) is 5.75 Å². The third kappa shape index (κ3) is 8.68. The van der Waals surface area contributed by atoms with Crippen molar-refractivity contribution >= 4 is 11.9 Å². The molecule has 8 aliphatic rings. The second kappa shape index (κ2) is 17.0. The lowest BCUT2D eigenvalue weighted by Gasteiger charge is -2.58. The molecule has 10 rings (SSSR count). The molecule has 2 aromatic carbocycles. The molecule has 0 heterocycles. The van der Waals surface area contributed by atoms with Gasteiger partial charge in [0.2, 0.25) is 0 Å². The molecular weight excluding hydrogens is 735 g/mol. The minimum absolute atomic E-state index is 0.0620. The number of aliphatic hydroxyl groups excluding tert-OH is 1. The number of fused-ring (bicyclic) bond motifs is 8. The van der Waals surface area contributed by atoms with Gasteiger partial charge in [-0.25, -0.2) is 4.79 Å². The molecule has 8 aliphatic carbocycles. The fourth-order valence-electron chi connectivity index (χ4n) is 13.9. The second-order valence-electron chi connectivity index (χ2n) is 21.5. The minimum Gasteiger partial charge on any atom is -0.497 e. The van der Waals surface area contributed by atoms with E-state index in [1.165, 1.54) is 50.5 Å². The van der Waals surface area contributed by atoms with E-state index in [9.17, 15) is 15.0 Å². The highest BCUT2D eigenvalue weighted by molar-refractivity contribution is 6.10. The van der Waals surface area contributed by atoms with Gasteiger partial charge in [0.15, 0.2) is 5.78 Å². The van der Waals surface area contributed by atoms with Crippen LogP contribution in [0.1, 0.15) is 164 Å². The molecule has 0 radical (unpaired) electrons. The van der Waals surface area contributed by atoms with Crippen LogP contribution in [0, 0.1) is 46.3 Å². The number of carbonyl (C=O) groups excluding carboxylic acids is 2. The summed E-state index contributed by atoms with van der Waals surface area (Å²) in [5, 5.41) is 24.6. The number of nitrogens with zero attached hydrogens (tertiary/aromatic N) is 1. The quantitative estimate of drug-likeness (QED) is 0.193. The van der Waals surface area contributed by atoms with Crippen LogP contribution in [0.3, 0.4) is 0 Å². The van der Waals surface area contributed by atoms with E-state index in [1.807, 2.05) is 35.2 Å². The largest absolute Gasteiger partial charge is 0.497 e. The van der Waals surface area contributed by atoms with Gasteiger partial charge in [0.1, 0.15) is 11.9 Å². The smallest absolute Gasteiger partial charge is 0.410 e. The molecule has 2 aromatic rings. The first-order valence-electron chi connectivity index (χ1n) is 23.5. The van der Waals surface area contributed by atoms with E-state index in [0.717, 1.165) is 54.6 Å². The summed E-state index contributed by atoms with van der Waals surface area (Å²) in [6.45, 7) is 12.1. The van der Waals surface area contributed by atoms with E-state index >= 15 is 4.79 Å². The van der Waals surface area contributed by atoms with Crippen LogP contribution in [0.4, 0.5) is 4.79 Å². The van der Waals surface area contributed by atoms with E-state index in [1.54, 1.807) is 7.11 Å². The molecule has 322 valence electrons. The molecule has 7 atom stereocenters. The predicted molar refractivity (Wildman–Crippen MR) is 234 cm³/mol. The number of allylic oxidation sites excluding steroid dienone is 2. The lowest BCUT2D eigenvalue weighted by atomic mass is 9.49. The summed E-state index contributed by atoms with van der Waals surface area (Å²) in [6.07, 6.45) is 16.8. The number of ether oxygens (including phenoxy) is 2. The molecule has 0 spiro atoms. The van der Waals surface area contributed by atoms with Crippen LogP contribution in [0.15, 0.2) is 54.1 Å². The van der Waals surface area contributed by atoms with Gasteiger partial charge in [0, 0.05) is 23.1 Å². The zero-order valence-corrected chi connectivity index (χ0v) is 37.0. The number of carbonyl (C=O) groups is 2. The van der Waals surface area contributed by atoms with Crippen LogP contribution in [-0.4, -0.2) is 65.0 Å². The van der Waals surface area contributed by atoms with E-state index in [0.29, 0.717) is 73.3 Å². The number of benzene rings is 2. The lowest BCUT2D eigenvalue weighted by Crippen LogP contribution is -2.58. The van der Waals surface area contributed by atoms with Crippen LogP contribution >= 0.6 is 0 Å². The fourth-order valence-corrected chi connectivity index (χ4v) is 13.9. The van der Waals surface area contributed by atoms with Crippen LogP contribution < -0.4 is 4.74 Å². The summed E-state index contributed by atoms with van der Waals surface area (Å²) in [7, 11) is 1.63. The maximum atomic E-state index is 15.0. The van der Waals surface area contributed by atoms with Crippen LogP contribution in [0.25, 0.3) is 0 Å². The first-order chi connectivity index (χ1) is 28.2. The maximum absolute atomic E-state index is 15.0. The van der Waals surface area contributed by atoms with Crippen molar-refractivity contribution in [1.82, 2.24) is 4.90 Å². The van der Waals surface area contributed by atoms with Crippen molar-refractivity contribution in [2.45, 2.75) is 161 Å². The van der Waals surface area contributed by atoms with Gasteiger partial charge >= 0.3 is 6.09 Å². The molecule has 2 N–H and O–H groups in total. The Labute approximate surface area is 354 Å². The summed E-state index contributed by atoms with van der Waals surface area (Å²) < 4.78 is 12.1. The molecule has 0 aliphatic heterocycles. The van der Waals surface area contributed by atoms with E-state index < -0.39 is 17.1 Å². The number of rotatable bonds is 9. The Morgan fingerprint density at radius 2 is 1.59 bits per heavy atom. The predicted octanol–water partition coefficient (Wildman–Crippen LogP) is 11.1. The molecule has 7 unspecified atom stereocenters. The number of methoxy groups -OCH3 is 1. The van der Waals surface area contributed by atoms with Crippen molar-refractivity contribution in [2.75, 3.05) is 20.2 Å². The van der Waals surface area contributed by atoms with Crippen molar-refractivity contribution in [3.8, 4) is 5.75 Å². The average molecular weight is 808 g/mol. The van der Waals surface area contributed by atoms with Crippen molar-refractivity contribution < 1.29 is 29.3 Å². The zero-order chi connectivity index (χ0) is 41.7.